The lowest BCUT2D eigenvalue weighted by Crippen LogP contribution is -2.43. The molecule has 1 aliphatic heterocycles. The summed E-state index contributed by atoms with van der Waals surface area (Å²) in [6, 6.07) is 5.74. The molecule has 1 saturated heterocycles. The second-order valence-electron chi connectivity index (χ2n) is 6.79. The number of benzene rings is 1. The van der Waals surface area contributed by atoms with Crippen LogP contribution in [0.3, 0.4) is 0 Å². The summed E-state index contributed by atoms with van der Waals surface area (Å²) >= 11 is 0. The molecule has 0 bridgehead atoms. The molecule has 0 aromatic heterocycles. The van der Waals surface area contributed by atoms with Gasteiger partial charge in [-0.1, -0.05) is 13.8 Å². The highest BCUT2D eigenvalue weighted by atomic mass is 16.5. The van der Waals surface area contributed by atoms with Crippen molar-refractivity contribution in [3.63, 3.8) is 0 Å². The van der Waals surface area contributed by atoms with Crippen molar-refractivity contribution in [3.8, 4) is 11.5 Å². The van der Waals surface area contributed by atoms with Crippen molar-refractivity contribution in [1.82, 2.24) is 10.2 Å². The Morgan fingerprint density at radius 1 is 1.29 bits per heavy atom. The lowest BCUT2D eigenvalue weighted by atomic mass is 10.0. The van der Waals surface area contributed by atoms with Gasteiger partial charge in [0.15, 0.2) is 11.5 Å². The first-order chi connectivity index (χ1) is 11.5. The molecule has 0 radical (unpaired) electrons. The van der Waals surface area contributed by atoms with Crippen molar-refractivity contribution in [2.75, 3.05) is 33.9 Å². The Morgan fingerprint density at radius 2 is 2.00 bits per heavy atom. The molecular formula is C19H30N2O3. The van der Waals surface area contributed by atoms with E-state index in [1.165, 1.54) is 0 Å². The van der Waals surface area contributed by atoms with Gasteiger partial charge in [0.05, 0.1) is 13.7 Å². The van der Waals surface area contributed by atoms with Crippen molar-refractivity contribution in [2.45, 2.75) is 39.2 Å². The quantitative estimate of drug-likeness (QED) is 0.833. The highest BCUT2D eigenvalue weighted by Crippen LogP contribution is 2.29. The van der Waals surface area contributed by atoms with Crippen molar-refractivity contribution < 1.29 is 14.3 Å². The van der Waals surface area contributed by atoms with Crippen LogP contribution in [0.2, 0.25) is 0 Å². The second-order valence-corrected chi connectivity index (χ2v) is 6.79. The number of carbonyl (C=O) groups is 1. The Bertz CT molecular complexity index is 539. The van der Waals surface area contributed by atoms with E-state index in [-0.39, 0.29) is 5.91 Å². The minimum Gasteiger partial charge on any atom is -0.493 e. The van der Waals surface area contributed by atoms with E-state index >= 15 is 0 Å². The summed E-state index contributed by atoms with van der Waals surface area (Å²) in [4.78, 5) is 14.6. The average Bonchev–Trinajstić information content (AvgIpc) is 2.61. The van der Waals surface area contributed by atoms with E-state index < -0.39 is 0 Å². The van der Waals surface area contributed by atoms with Crippen LogP contribution in [0.25, 0.3) is 0 Å². The zero-order valence-corrected chi connectivity index (χ0v) is 15.3. The molecule has 2 rings (SSSR count). The van der Waals surface area contributed by atoms with Crippen LogP contribution < -0.4 is 14.8 Å². The molecule has 0 saturated carbocycles. The van der Waals surface area contributed by atoms with E-state index in [0.29, 0.717) is 35.6 Å². The van der Waals surface area contributed by atoms with Crippen molar-refractivity contribution in [2.24, 2.45) is 5.92 Å². The number of rotatable bonds is 7. The van der Waals surface area contributed by atoms with E-state index in [9.17, 15) is 4.79 Å². The fourth-order valence-corrected chi connectivity index (χ4v) is 2.89. The van der Waals surface area contributed by atoms with Gasteiger partial charge < -0.3 is 19.7 Å². The van der Waals surface area contributed by atoms with Crippen LogP contribution in [-0.4, -0.2) is 50.7 Å². The third-order valence-electron chi connectivity index (χ3n) is 4.54. The third kappa shape index (κ3) is 4.87. The molecule has 1 fully saturated rings. The summed E-state index contributed by atoms with van der Waals surface area (Å²) in [6.45, 7) is 6.91. The molecule has 1 N–H and O–H groups in total. The summed E-state index contributed by atoms with van der Waals surface area (Å²) in [7, 11) is 3.49. The first-order valence-electron chi connectivity index (χ1n) is 8.81. The Hall–Kier alpha value is -1.75. The molecule has 0 unspecified atom stereocenters. The average molecular weight is 334 g/mol. The minimum atomic E-state index is 0.0360. The molecule has 0 spiro atoms. The van der Waals surface area contributed by atoms with Crippen LogP contribution in [0.5, 0.6) is 11.5 Å². The lowest BCUT2D eigenvalue weighted by molar-refractivity contribution is 0.0703. The Morgan fingerprint density at radius 3 is 2.62 bits per heavy atom. The van der Waals surface area contributed by atoms with Crippen LogP contribution in [0.1, 0.15) is 43.5 Å². The molecule has 24 heavy (non-hydrogen) atoms. The van der Waals surface area contributed by atoms with E-state index in [1.54, 1.807) is 13.2 Å². The molecule has 1 aliphatic rings. The molecule has 0 atom stereocenters. The number of carbonyl (C=O) groups excluding carboxylic acids is 1. The van der Waals surface area contributed by atoms with Gasteiger partial charge in [0.25, 0.3) is 5.91 Å². The molecular weight excluding hydrogens is 304 g/mol. The largest absolute Gasteiger partial charge is 0.493 e. The van der Waals surface area contributed by atoms with Crippen LogP contribution in [-0.2, 0) is 0 Å². The second kappa shape index (κ2) is 8.92. The molecule has 1 aromatic rings. The topological polar surface area (TPSA) is 50.8 Å². The fraction of sp³-hybridized carbons (Fsp3) is 0.632. The van der Waals surface area contributed by atoms with E-state index in [0.717, 1.165) is 32.4 Å². The van der Waals surface area contributed by atoms with Crippen LogP contribution in [0, 0.1) is 5.92 Å². The predicted octanol–water partition coefficient (Wildman–Crippen LogP) is 2.94. The third-order valence-corrected chi connectivity index (χ3v) is 4.54. The lowest BCUT2D eigenvalue weighted by Gasteiger charge is -2.31. The first-order valence-corrected chi connectivity index (χ1v) is 8.81. The fourth-order valence-electron chi connectivity index (χ4n) is 2.89. The number of amides is 1. The van der Waals surface area contributed by atoms with Gasteiger partial charge in [-0.25, -0.2) is 0 Å². The molecule has 5 heteroatoms. The van der Waals surface area contributed by atoms with Crippen LogP contribution in [0.4, 0.5) is 0 Å². The van der Waals surface area contributed by atoms with Crippen molar-refractivity contribution in [1.29, 1.82) is 0 Å². The Labute approximate surface area is 145 Å². The number of nitrogens with zero attached hydrogens (tertiary/aromatic N) is 1. The van der Waals surface area contributed by atoms with Gasteiger partial charge in [0, 0.05) is 18.7 Å². The highest BCUT2D eigenvalue weighted by molar-refractivity contribution is 5.95. The van der Waals surface area contributed by atoms with Gasteiger partial charge in [0.2, 0.25) is 0 Å². The molecule has 1 amide bonds. The van der Waals surface area contributed by atoms with E-state index in [2.05, 4.69) is 19.2 Å². The zero-order valence-electron chi connectivity index (χ0n) is 15.3. The predicted molar refractivity (Wildman–Crippen MR) is 95.9 cm³/mol. The minimum absolute atomic E-state index is 0.0360. The summed E-state index contributed by atoms with van der Waals surface area (Å²) in [6.07, 6.45) is 2.98. The van der Waals surface area contributed by atoms with Gasteiger partial charge in [-0.05, 0) is 56.5 Å². The molecule has 134 valence electrons. The van der Waals surface area contributed by atoms with Gasteiger partial charge in [-0.15, -0.1) is 0 Å². The summed E-state index contributed by atoms with van der Waals surface area (Å²) < 4.78 is 11.2. The molecule has 1 aromatic carbocycles. The van der Waals surface area contributed by atoms with Gasteiger partial charge >= 0.3 is 0 Å². The normalized spacial score (nSPS) is 15.4. The maximum absolute atomic E-state index is 12.7. The highest BCUT2D eigenvalue weighted by Gasteiger charge is 2.23. The van der Waals surface area contributed by atoms with Crippen LogP contribution in [0.15, 0.2) is 18.2 Å². The number of nitrogens with one attached hydrogen (secondary N) is 1. The SMILES string of the molecule is COc1cc(C(=O)N(C)C2CCNCC2)ccc1OCCC(C)C. The molecule has 0 aliphatic carbocycles. The number of piperidine rings is 1. The summed E-state index contributed by atoms with van der Waals surface area (Å²) in [5, 5.41) is 3.33. The van der Waals surface area contributed by atoms with Crippen molar-refractivity contribution >= 4 is 5.91 Å². The maximum Gasteiger partial charge on any atom is 0.253 e. The van der Waals surface area contributed by atoms with Gasteiger partial charge in [-0.2, -0.15) is 0 Å². The number of hydrogen-bond donors (Lipinski definition) is 1. The smallest absolute Gasteiger partial charge is 0.253 e. The standard InChI is InChI=1S/C19H30N2O3/c1-14(2)9-12-24-17-6-5-15(13-18(17)23-4)19(22)21(3)16-7-10-20-11-8-16/h5-6,13-14,16,20H,7-12H2,1-4H3. The van der Waals surface area contributed by atoms with Crippen molar-refractivity contribution in [3.05, 3.63) is 23.8 Å². The number of methoxy groups -OCH3 is 1. The summed E-state index contributed by atoms with van der Waals surface area (Å²) in [5.41, 5.74) is 0.643. The zero-order chi connectivity index (χ0) is 17.5. The monoisotopic (exact) mass is 334 g/mol. The number of hydrogen-bond acceptors (Lipinski definition) is 4. The summed E-state index contributed by atoms with van der Waals surface area (Å²) in [5.74, 6) is 1.94. The first kappa shape index (κ1) is 18.6. The van der Waals surface area contributed by atoms with E-state index in [4.69, 9.17) is 9.47 Å². The molecule has 1 heterocycles. The van der Waals surface area contributed by atoms with E-state index in [1.807, 2.05) is 24.1 Å². The molecule has 5 nitrogen and oxygen atoms in total. The van der Waals surface area contributed by atoms with Crippen LogP contribution >= 0.6 is 0 Å². The maximum atomic E-state index is 12.7. The Balaban J connectivity index is 2.05. The number of ether oxygens (including phenoxy) is 2. The van der Waals surface area contributed by atoms with Gasteiger partial charge in [0.1, 0.15) is 0 Å². The Kier molecular flexibility index (Phi) is 6.91. The van der Waals surface area contributed by atoms with Gasteiger partial charge in [-0.3, -0.25) is 4.79 Å².